The molecule has 0 unspecified atom stereocenters. The molecule has 124 heavy (non-hydrogen) atoms. The lowest BCUT2D eigenvalue weighted by molar-refractivity contribution is 0.768. The second-order valence-corrected chi connectivity index (χ2v) is 34.0. The van der Waals surface area contributed by atoms with E-state index in [1.54, 1.807) is 0 Å². The van der Waals surface area contributed by atoms with Gasteiger partial charge in [-0.1, -0.05) is 358 Å². The summed E-state index contributed by atoms with van der Waals surface area (Å²) in [5, 5.41) is 15.2. The Labute approximate surface area is 723 Å². The summed E-state index contributed by atoms with van der Waals surface area (Å²) >= 11 is 3.62. The Balaban J connectivity index is 0.000000143. The van der Waals surface area contributed by atoms with Crippen LogP contribution in [0.25, 0.3) is 213 Å². The van der Waals surface area contributed by atoms with E-state index >= 15 is 0 Å². The van der Waals surface area contributed by atoms with Gasteiger partial charge in [0.15, 0.2) is 34.9 Å². The molecule has 1 aliphatic carbocycles. The molecule has 0 spiro atoms. The molecule has 9 heteroatoms. The molecule has 19 aromatic carbocycles. The summed E-state index contributed by atoms with van der Waals surface area (Å²) in [7, 11) is 0. The van der Waals surface area contributed by atoms with Crippen molar-refractivity contribution in [3.63, 3.8) is 0 Å². The lowest BCUT2D eigenvalue weighted by Gasteiger charge is -2.33. The summed E-state index contributed by atoms with van der Waals surface area (Å²) in [6.07, 6.45) is 0. The first-order chi connectivity index (χ1) is 61.4. The second kappa shape index (κ2) is 29.9. The Hall–Kier alpha value is -15.8. The molecule has 0 saturated heterocycles. The molecule has 578 valence electrons. The third kappa shape index (κ3) is 12.1. The van der Waals surface area contributed by atoms with Crippen LogP contribution in [0.5, 0.6) is 0 Å². The maximum Gasteiger partial charge on any atom is 0.164 e. The van der Waals surface area contributed by atoms with Crippen molar-refractivity contribution in [2.45, 2.75) is 5.41 Å². The first-order valence-corrected chi connectivity index (χ1v) is 43.6. The molecule has 0 bridgehead atoms. The van der Waals surface area contributed by atoms with Crippen LogP contribution in [0.3, 0.4) is 0 Å². The minimum absolute atomic E-state index is 0.538. The molecule has 5 heterocycles. The maximum absolute atomic E-state index is 5.41. The van der Waals surface area contributed by atoms with Gasteiger partial charge in [0.1, 0.15) is 0 Å². The minimum atomic E-state index is -0.538. The van der Waals surface area contributed by atoms with Gasteiger partial charge in [0.2, 0.25) is 0 Å². The lowest BCUT2D eigenvalue weighted by atomic mass is 9.67. The summed E-state index contributed by atoms with van der Waals surface area (Å²) in [5.41, 5.74) is 23.1. The molecule has 0 N–H and O–H groups in total. The fourth-order valence-electron chi connectivity index (χ4n) is 19.2. The van der Waals surface area contributed by atoms with E-state index in [1.165, 1.54) is 145 Å². The molecule has 0 aliphatic heterocycles. The maximum atomic E-state index is 5.41. The van der Waals surface area contributed by atoms with Crippen molar-refractivity contribution in [1.82, 2.24) is 34.5 Å². The average molecular weight is 1620 g/mol. The first kappa shape index (κ1) is 72.3. The van der Waals surface area contributed by atoms with E-state index in [9.17, 15) is 0 Å². The molecule has 25 rings (SSSR count). The van der Waals surface area contributed by atoms with E-state index in [0.29, 0.717) is 34.9 Å². The lowest BCUT2D eigenvalue weighted by Crippen LogP contribution is -2.28. The van der Waals surface area contributed by atoms with Crippen LogP contribution >= 0.6 is 22.7 Å². The summed E-state index contributed by atoms with van der Waals surface area (Å²) < 4.78 is 7.26. The smallest absolute Gasteiger partial charge is 0.164 e. The van der Waals surface area contributed by atoms with Crippen LogP contribution in [0.1, 0.15) is 22.3 Å². The van der Waals surface area contributed by atoms with Crippen molar-refractivity contribution < 1.29 is 0 Å². The highest BCUT2D eigenvalue weighted by Gasteiger charge is 2.47. The molecule has 0 saturated carbocycles. The molecule has 24 aromatic rings. The zero-order valence-corrected chi connectivity index (χ0v) is 68.6. The van der Waals surface area contributed by atoms with Crippen molar-refractivity contribution in [2.24, 2.45) is 0 Å². The highest BCUT2D eigenvalue weighted by atomic mass is 32.1. The largest absolute Gasteiger partial charge is 0.309 e. The molecular formula is C115H71N7S2. The van der Waals surface area contributed by atoms with Crippen molar-refractivity contribution in [2.75, 3.05) is 0 Å². The number of hydrogen-bond donors (Lipinski definition) is 0. The monoisotopic (exact) mass is 1610 g/mol. The van der Waals surface area contributed by atoms with E-state index in [-0.39, 0.29) is 0 Å². The van der Waals surface area contributed by atoms with Crippen LogP contribution in [0.4, 0.5) is 0 Å². The van der Waals surface area contributed by atoms with Gasteiger partial charge in [-0.05, 0) is 172 Å². The molecule has 1 aliphatic rings. The summed E-state index contributed by atoms with van der Waals surface area (Å²) in [6.45, 7) is 0. The summed E-state index contributed by atoms with van der Waals surface area (Å²) in [4.78, 5) is 31.2. The van der Waals surface area contributed by atoms with E-state index in [1.807, 2.05) is 71.2 Å². The number of aromatic nitrogens is 7. The molecule has 0 atom stereocenters. The highest BCUT2D eigenvalue weighted by Crippen LogP contribution is 2.58. The number of fused-ring (bicyclic) bond motifs is 18. The van der Waals surface area contributed by atoms with E-state index in [2.05, 4.69) is 387 Å². The zero-order chi connectivity index (χ0) is 81.8. The Morgan fingerprint density at radius 2 is 0.540 bits per heavy atom. The first-order valence-electron chi connectivity index (χ1n) is 41.9. The molecular weight excluding hydrogens is 1540 g/mol. The van der Waals surface area contributed by atoms with Gasteiger partial charge in [-0.15, -0.1) is 22.7 Å². The summed E-state index contributed by atoms with van der Waals surface area (Å²) in [6, 6.07) is 154. The molecule has 7 nitrogen and oxygen atoms in total. The van der Waals surface area contributed by atoms with Gasteiger partial charge in [-0.2, -0.15) is 0 Å². The van der Waals surface area contributed by atoms with E-state index in [4.69, 9.17) is 29.9 Å². The van der Waals surface area contributed by atoms with Gasteiger partial charge in [0, 0.05) is 90.2 Å². The number of rotatable bonds is 12. The predicted molar refractivity (Wildman–Crippen MR) is 519 cm³/mol. The Morgan fingerprint density at radius 1 is 0.185 bits per heavy atom. The van der Waals surface area contributed by atoms with Gasteiger partial charge in [0.05, 0.1) is 16.4 Å². The number of benzene rings is 19. The van der Waals surface area contributed by atoms with Crippen molar-refractivity contribution in [1.29, 1.82) is 0 Å². The third-order valence-electron chi connectivity index (χ3n) is 24.9. The molecule has 5 aromatic heterocycles. The Bertz CT molecular complexity index is 8280. The number of para-hydroxylation sites is 2. The van der Waals surface area contributed by atoms with Crippen molar-refractivity contribution in [3.05, 3.63) is 453 Å². The fourth-order valence-corrected chi connectivity index (χ4v) is 21.4. The van der Waals surface area contributed by atoms with Gasteiger partial charge in [0.25, 0.3) is 0 Å². The van der Waals surface area contributed by atoms with Crippen LogP contribution < -0.4 is 0 Å². The number of thiophene rings is 2. The quantitative estimate of drug-likeness (QED) is 0.113. The van der Waals surface area contributed by atoms with E-state index in [0.717, 1.165) is 55.8 Å². The SMILES string of the molecule is c1ccc(-c2nc(-c3ccc4c(c3)sc3ccc(-c5ccc6c(c5)c5ccccc5n6-c5ccccc5)cc34)nc(-c3cccc4c3-c3ccccc3C4(c3ccccc3)c3ccccc3)n2)cc1.c1ccc(-c2nc(-c3ccc4c(c3)sc3ccc(-c5ccc6c7ccccc7c7ccccc7c6c5)cc34)nc(-c3ccccc3-c3ccccc3)n2)cc1. The number of nitrogens with zero attached hydrogens (tertiary/aromatic N) is 7. The van der Waals surface area contributed by atoms with Crippen molar-refractivity contribution >= 4 is 117 Å². The molecule has 0 fully saturated rings. The normalized spacial score (nSPS) is 12.3. The van der Waals surface area contributed by atoms with Gasteiger partial charge < -0.3 is 4.57 Å². The highest BCUT2D eigenvalue weighted by molar-refractivity contribution is 7.26. The van der Waals surface area contributed by atoms with Gasteiger partial charge >= 0.3 is 0 Å². The van der Waals surface area contributed by atoms with Crippen LogP contribution in [-0.2, 0) is 5.41 Å². The fraction of sp³-hybridized carbons (Fsp3) is 0.00870. The van der Waals surface area contributed by atoms with Crippen LogP contribution in [0.15, 0.2) is 431 Å². The van der Waals surface area contributed by atoms with Crippen molar-refractivity contribution in [3.8, 4) is 119 Å². The van der Waals surface area contributed by atoms with Crippen LogP contribution in [-0.4, -0.2) is 34.5 Å². The molecule has 0 amide bonds. The minimum Gasteiger partial charge on any atom is -0.309 e. The number of hydrogen-bond acceptors (Lipinski definition) is 8. The summed E-state index contributed by atoms with van der Waals surface area (Å²) in [5.74, 6) is 3.89. The molecule has 0 radical (unpaired) electrons. The third-order valence-corrected chi connectivity index (χ3v) is 27.1. The predicted octanol–water partition coefficient (Wildman–Crippen LogP) is 30.4. The Kier molecular flexibility index (Phi) is 17.4. The van der Waals surface area contributed by atoms with E-state index < -0.39 is 5.41 Å². The zero-order valence-electron chi connectivity index (χ0n) is 66.9. The topological polar surface area (TPSA) is 82.3 Å². The Morgan fingerprint density at radius 3 is 1.09 bits per heavy atom. The second-order valence-electron chi connectivity index (χ2n) is 31.8. The van der Waals surface area contributed by atoms with Gasteiger partial charge in [-0.25, -0.2) is 29.9 Å². The van der Waals surface area contributed by atoms with Crippen LogP contribution in [0.2, 0.25) is 0 Å². The van der Waals surface area contributed by atoms with Gasteiger partial charge in [-0.3, -0.25) is 0 Å². The van der Waals surface area contributed by atoms with Crippen LogP contribution in [0, 0.1) is 0 Å². The standard InChI is InChI=1S/C64H40N4S.C51H31N3S/c1-5-18-41(19-6-1)61-65-62(67-63(66-61)51-28-17-30-55-60(51)50-27-13-15-29-54(50)64(55,45-20-7-2-8-21-45)46-22-9-3-10-23-46)44-32-35-49-53-39-43(34-37-58(53)69-59(49)40-44)42-33-36-57-52(38-42)48-26-14-16-31-56(48)68(57)47-24-11-4-12-25-47;1-3-13-32(14-4-1)37-17-7-12-22-44(37)51-53-49(33-15-5-2-6-16-33)52-50(54-51)36-24-27-43-46-30-35(25-28-47(46)55-48(43)31-36)34-23-26-42-40-20-9-8-18-38(40)39-19-10-11-21-41(39)45(42)29-34/h1-40H;1-31H. The average Bonchev–Trinajstić information content (AvgIpc) is 1.53.